The number of esters is 1. The Morgan fingerprint density at radius 1 is 1.00 bits per heavy atom. The molecule has 2 aromatic carbocycles. The number of alkyl carbamates (subject to hydrolysis) is 1. The second-order valence-corrected chi connectivity index (χ2v) is 7.32. The summed E-state index contributed by atoms with van der Waals surface area (Å²) < 4.78 is 15.8. The zero-order valence-electron chi connectivity index (χ0n) is 18.3. The molecular weight excluding hydrogens is 412 g/mol. The zero-order valence-corrected chi connectivity index (χ0v) is 18.3. The molecule has 3 rings (SSSR count). The molecule has 1 aliphatic heterocycles. The zero-order chi connectivity index (χ0) is 22.9. The van der Waals surface area contributed by atoms with Gasteiger partial charge in [0, 0.05) is 5.56 Å². The molecule has 1 aliphatic rings. The molecule has 8 heteroatoms. The van der Waals surface area contributed by atoms with Gasteiger partial charge in [-0.1, -0.05) is 48.5 Å². The van der Waals surface area contributed by atoms with E-state index in [1.165, 1.54) is 4.90 Å². The molecule has 8 nitrogen and oxygen atoms in total. The second-order valence-electron chi connectivity index (χ2n) is 7.32. The molecule has 2 atom stereocenters. The Balaban J connectivity index is 1.69. The first-order chi connectivity index (χ1) is 15.5. The van der Waals surface area contributed by atoms with E-state index < -0.39 is 24.0 Å². The van der Waals surface area contributed by atoms with Gasteiger partial charge in [0.1, 0.15) is 24.9 Å². The van der Waals surface area contributed by atoms with Crippen LogP contribution in [0.25, 0.3) is 0 Å². The molecule has 1 N–H and O–H groups in total. The molecule has 0 radical (unpaired) electrons. The average Bonchev–Trinajstić information content (AvgIpc) is 3.27. The maximum Gasteiger partial charge on any atom is 0.407 e. The molecule has 0 bridgehead atoms. The van der Waals surface area contributed by atoms with Crippen molar-refractivity contribution in [2.45, 2.75) is 38.5 Å². The minimum absolute atomic E-state index is 0.0971. The van der Waals surface area contributed by atoms with Crippen molar-refractivity contribution in [2.24, 2.45) is 0 Å². The van der Waals surface area contributed by atoms with Crippen molar-refractivity contribution in [1.82, 2.24) is 10.2 Å². The largest absolute Gasteiger partial charge is 0.496 e. The van der Waals surface area contributed by atoms with Crippen LogP contribution >= 0.6 is 0 Å². The summed E-state index contributed by atoms with van der Waals surface area (Å²) in [6, 6.07) is 15.5. The number of nitrogens with zero attached hydrogens (tertiary/aromatic N) is 1. The van der Waals surface area contributed by atoms with E-state index in [2.05, 4.69) is 5.32 Å². The van der Waals surface area contributed by atoms with Crippen LogP contribution in [0.5, 0.6) is 5.75 Å². The topological polar surface area (TPSA) is 94.2 Å². The lowest BCUT2D eigenvalue weighted by Crippen LogP contribution is -2.47. The van der Waals surface area contributed by atoms with Crippen molar-refractivity contribution in [1.29, 1.82) is 0 Å². The Morgan fingerprint density at radius 3 is 2.44 bits per heavy atom. The van der Waals surface area contributed by atoms with Gasteiger partial charge in [-0.2, -0.15) is 0 Å². The summed E-state index contributed by atoms with van der Waals surface area (Å²) in [7, 11) is 1.56. The predicted octanol–water partition coefficient (Wildman–Crippen LogP) is 3.22. The van der Waals surface area contributed by atoms with Gasteiger partial charge >= 0.3 is 12.1 Å². The van der Waals surface area contributed by atoms with Gasteiger partial charge in [-0.05, 0) is 31.4 Å². The van der Waals surface area contributed by atoms with Crippen LogP contribution in [0.3, 0.4) is 0 Å². The summed E-state index contributed by atoms with van der Waals surface area (Å²) in [4.78, 5) is 39.2. The molecule has 1 saturated heterocycles. The Bertz CT molecular complexity index is 933. The monoisotopic (exact) mass is 440 g/mol. The third-order valence-electron chi connectivity index (χ3n) is 5.33. The second kappa shape index (κ2) is 11.2. The van der Waals surface area contributed by atoms with Crippen molar-refractivity contribution < 1.29 is 28.6 Å². The Hall–Kier alpha value is -3.55. The first-order valence-corrected chi connectivity index (χ1v) is 10.6. The molecular formula is C24H28N2O6. The number of amides is 2. The number of methoxy groups -OCH3 is 1. The number of carbonyl (C=O) groups excluding carboxylic acids is 3. The molecule has 0 aliphatic carbocycles. The van der Waals surface area contributed by atoms with E-state index in [1.54, 1.807) is 14.0 Å². The lowest BCUT2D eigenvalue weighted by atomic mass is 10.0. The van der Waals surface area contributed by atoms with Gasteiger partial charge in [-0.25, -0.2) is 9.59 Å². The van der Waals surface area contributed by atoms with Crippen molar-refractivity contribution in [3.8, 4) is 5.75 Å². The van der Waals surface area contributed by atoms with Crippen molar-refractivity contribution in [3.63, 3.8) is 0 Å². The maximum atomic E-state index is 13.1. The molecule has 32 heavy (non-hydrogen) atoms. The molecule has 0 unspecified atom stereocenters. The summed E-state index contributed by atoms with van der Waals surface area (Å²) in [5.74, 6) is -0.215. The summed E-state index contributed by atoms with van der Waals surface area (Å²) >= 11 is 0. The number of para-hydroxylation sites is 1. The number of carbonyl (C=O) groups is 3. The first-order valence-electron chi connectivity index (χ1n) is 10.6. The fraction of sp³-hybridized carbons (Fsp3) is 0.375. The highest BCUT2D eigenvalue weighted by molar-refractivity contribution is 5.88. The highest BCUT2D eigenvalue weighted by atomic mass is 16.5. The minimum atomic E-state index is -0.723. The number of hydrogen-bond donors (Lipinski definition) is 1. The van der Waals surface area contributed by atoms with Crippen LogP contribution in [0.15, 0.2) is 54.6 Å². The number of benzene rings is 2. The van der Waals surface area contributed by atoms with E-state index in [1.807, 2.05) is 54.6 Å². The SMILES string of the molecule is CCOC(=O)[C@@H]1CC[C@H](c2ccccc2OC)N1C(=O)CNC(=O)OCc1ccccc1. The molecule has 2 aromatic rings. The first kappa shape index (κ1) is 23.1. The lowest BCUT2D eigenvalue weighted by molar-refractivity contribution is -0.154. The quantitative estimate of drug-likeness (QED) is 0.634. The number of rotatable bonds is 8. The average molecular weight is 440 g/mol. The molecule has 1 heterocycles. The van der Waals surface area contributed by atoms with Gasteiger partial charge in [0.15, 0.2) is 0 Å². The van der Waals surface area contributed by atoms with Crippen LogP contribution in [-0.4, -0.2) is 49.2 Å². The highest BCUT2D eigenvalue weighted by Gasteiger charge is 2.43. The van der Waals surface area contributed by atoms with Crippen LogP contribution in [-0.2, 0) is 25.7 Å². The van der Waals surface area contributed by atoms with Crippen molar-refractivity contribution in [3.05, 3.63) is 65.7 Å². The fourth-order valence-electron chi connectivity index (χ4n) is 3.89. The van der Waals surface area contributed by atoms with Gasteiger partial charge < -0.3 is 24.4 Å². The van der Waals surface area contributed by atoms with Gasteiger partial charge in [-0.15, -0.1) is 0 Å². The van der Waals surface area contributed by atoms with E-state index in [-0.39, 0.29) is 25.8 Å². The normalized spacial score (nSPS) is 17.5. The number of ether oxygens (including phenoxy) is 3. The number of nitrogens with one attached hydrogen (secondary N) is 1. The van der Waals surface area contributed by atoms with Gasteiger partial charge in [-0.3, -0.25) is 4.79 Å². The molecule has 0 saturated carbocycles. The van der Waals surface area contributed by atoms with E-state index in [0.717, 1.165) is 11.1 Å². The smallest absolute Gasteiger partial charge is 0.407 e. The van der Waals surface area contributed by atoms with Gasteiger partial charge in [0.2, 0.25) is 5.91 Å². The summed E-state index contributed by atoms with van der Waals surface area (Å²) in [5, 5.41) is 2.49. The minimum Gasteiger partial charge on any atom is -0.496 e. The highest BCUT2D eigenvalue weighted by Crippen LogP contribution is 2.40. The molecule has 0 spiro atoms. The standard InChI is InChI=1S/C24H28N2O6/c1-3-31-23(28)20-14-13-19(18-11-7-8-12-21(18)30-2)26(20)22(27)15-25-24(29)32-16-17-9-5-4-6-10-17/h4-12,19-20H,3,13-16H2,1-2H3,(H,25,29)/t19-,20+/m1/s1. The summed E-state index contributed by atoms with van der Waals surface area (Å²) in [5.41, 5.74) is 1.65. The van der Waals surface area contributed by atoms with Crippen LogP contribution in [0, 0.1) is 0 Å². The van der Waals surface area contributed by atoms with Crippen LogP contribution in [0.1, 0.15) is 36.9 Å². The molecule has 1 fully saturated rings. The summed E-state index contributed by atoms with van der Waals surface area (Å²) in [6.45, 7) is 1.75. The Labute approximate surface area is 187 Å². The molecule has 170 valence electrons. The Morgan fingerprint density at radius 2 is 1.72 bits per heavy atom. The van der Waals surface area contributed by atoms with E-state index >= 15 is 0 Å². The third-order valence-corrected chi connectivity index (χ3v) is 5.33. The van der Waals surface area contributed by atoms with E-state index in [9.17, 15) is 14.4 Å². The Kier molecular flexibility index (Phi) is 8.08. The lowest BCUT2D eigenvalue weighted by Gasteiger charge is -2.30. The number of likely N-dealkylation sites (tertiary alicyclic amines) is 1. The molecule has 2 amide bonds. The third kappa shape index (κ3) is 5.57. The van der Waals surface area contributed by atoms with Crippen molar-refractivity contribution in [2.75, 3.05) is 20.3 Å². The van der Waals surface area contributed by atoms with Gasteiger partial charge in [0.05, 0.1) is 19.8 Å². The van der Waals surface area contributed by atoms with E-state index in [0.29, 0.717) is 18.6 Å². The van der Waals surface area contributed by atoms with Crippen LogP contribution in [0.2, 0.25) is 0 Å². The van der Waals surface area contributed by atoms with Gasteiger partial charge in [0.25, 0.3) is 0 Å². The van der Waals surface area contributed by atoms with Crippen LogP contribution in [0.4, 0.5) is 4.79 Å². The maximum absolute atomic E-state index is 13.1. The predicted molar refractivity (Wildman–Crippen MR) is 117 cm³/mol. The number of hydrogen-bond acceptors (Lipinski definition) is 6. The fourth-order valence-corrected chi connectivity index (χ4v) is 3.89. The van der Waals surface area contributed by atoms with E-state index in [4.69, 9.17) is 14.2 Å². The molecule has 0 aromatic heterocycles. The summed E-state index contributed by atoms with van der Waals surface area (Å²) in [6.07, 6.45) is 0.336. The van der Waals surface area contributed by atoms with Crippen molar-refractivity contribution >= 4 is 18.0 Å². The van der Waals surface area contributed by atoms with Crippen LogP contribution < -0.4 is 10.1 Å².